The first-order valence-electron chi connectivity index (χ1n) is 12.0. The summed E-state index contributed by atoms with van der Waals surface area (Å²) in [4.78, 5) is 31.7. The number of ether oxygens (including phenoxy) is 2. The Hall–Kier alpha value is -4.52. The van der Waals surface area contributed by atoms with E-state index in [4.69, 9.17) is 9.47 Å². The van der Waals surface area contributed by atoms with Gasteiger partial charge in [0.15, 0.2) is 0 Å². The minimum atomic E-state index is -0.778. The van der Waals surface area contributed by atoms with Gasteiger partial charge >= 0.3 is 0 Å². The SMILES string of the molecule is COc1ccc(CN2C(=O)C(=O)/C(=C(/O)c3cc(C)c(OC)cc3C)C2c2c[nH]c3ccccc23)cc1. The first kappa shape index (κ1) is 24.2. The molecular weight excluding hydrogens is 468 g/mol. The molecule has 5 rings (SSSR count). The van der Waals surface area contributed by atoms with Gasteiger partial charge in [-0.15, -0.1) is 0 Å². The molecule has 7 nitrogen and oxygen atoms in total. The quantitative estimate of drug-likeness (QED) is 0.211. The Balaban J connectivity index is 1.70. The second kappa shape index (κ2) is 9.50. The van der Waals surface area contributed by atoms with Crippen LogP contribution in [0.4, 0.5) is 0 Å². The van der Waals surface area contributed by atoms with Crippen molar-refractivity contribution in [3.63, 3.8) is 0 Å². The van der Waals surface area contributed by atoms with Gasteiger partial charge in [0.1, 0.15) is 17.3 Å². The molecule has 4 aromatic rings. The van der Waals surface area contributed by atoms with Crippen molar-refractivity contribution >= 4 is 28.4 Å². The molecule has 0 spiro atoms. The van der Waals surface area contributed by atoms with Gasteiger partial charge in [0.25, 0.3) is 11.7 Å². The average molecular weight is 497 g/mol. The second-order valence-corrected chi connectivity index (χ2v) is 9.20. The van der Waals surface area contributed by atoms with E-state index >= 15 is 0 Å². The molecule has 188 valence electrons. The predicted molar refractivity (Wildman–Crippen MR) is 142 cm³/mol. The summed E-state index contributed by atoms with van der Waals surface area (Å²) >= 11 is 0. The highest BCUT2D eigenvalue weighted by atomic mass is 16.5. The number of fused-ring (bicyclic) bond motifs is 1. The summed E-state index contributed by atoms with van der Waals surface area (Å²) in [5.41, 5.74) is 4.56. The molecule has 0 bridgehead atoms. The van der Waals surface area contributed by atoms with Crippen molar-refractivity contribution in [1.29, 1.82) is 0 Å². The maximum atomic E-state index is 13.5. The fourth-order valence-electron chi connectivity index (χ4n) is 5.02. The molecule has 1 saturated heterocycles. The standard InChI is InChI=1S/C30H28N2O5/c1-17-14-25(37-4)18(2)13-22(17)28(33)26-27(23-15-31-24-8-6-5-7-21(23)24)32(30(35)29(26)34)16-19-9-11-20(36-3)12-10-19/h5-15,27,31,33H,16H2,1-4H3/b28-26+. The van der Waals surface area contributed by atoms with Gasteiger partial charge in [-0.1, -0.05) is 30.3 Å². The normalized spacial score (nSPS) is 17.0. The first-order valence-corrected chi connectivity index (χ1v) is 12.0. The fraction of sp³-hybridized carbons (Fsp3) is 0.200. The Kier molecular flexibility index (Phi) is 6.21. The number of aromatic amines is 1. The van der Waals surface area contributed by atoms with Crippen molar-refractivity contribution in [3.05, 3.63) is 100 Å². The number of ketones is 1. The average Bonchev–Trinajstić information content (AvgIpc) is 3.44. The Bertz CT molecular complexity index is 1550. The number of amides is 1. The minimum absolute atomic E-state index is 0.0657. The van der Waals surface area contributed by atoms with Crippen LogP contribution in [-0.2, 0) is 16.1 Å². The molecule has 3 aromatic carbocycles. The summed E-state index contributed by atoms with van der Waals surface area (Å²) in [6.07, 6.45) is 1.81. The molecule has 1 amide bonds. The zero-order valence-electron chi connectivity index (χ0n) is 21.2. The fourth-order valence-corrected chi connectivity index (χ4v) is 5.02. The first-order chi connectivity index (χ1) is 17.8. The Morgan fingerprint density at radius 1 is 0.973 bits per heavy atom. The molecule has 1 aliphatic rings. The molecule has 1 aliphatic heterocycles. The van der Waals surface area contributed by atoms with Crippen molar-refractivity contribution in [3.8, 4) is 11.5 Å². The summed E-state index contributed by atoms with van der Waals surface area (Å²) in [6.45, 7) is 3.90. The van der Waals surface area contributed by atoms with Crippen molar-refractivity contribution in [1.82, 2.24) is 9.88 Å². The van der Waals surface area contributed by atoms with E-state index in [-0.39, 0.29) is 17.9 Å². The van der Waals surface area contributed by atoms with Crippen molar-refractivity contribution in [2.45, 2.75) is 26.4 Å². The van der Waals surface area contributed by atoms with E-state index in [1.54, 1.807) is 20.3 Å². The number of carbonyl (C=O) groups excluding carboxylic acids is 2. The van der Waals surface area contributed by atoms with Crippen LogP contribution in [0.2, 0.25) is 0 Å². The van der Waals surface area contributed by atoms with E-state index in [1.165, 1.54) is 4.90 Å². The smallest absolute Gasteiger partial charge is 0.295 e. The zero-order valence-corrected chi connectivity index (χ0v) is 21.2. The molecule has 1 aromatic heterocycles. The summed E-state index contributed by atoms with van der Waals surface area (Å²) in [5.74, 6) is -0.190. The maximum absolute atomic E-state index is 13.5. The van der Waals surface area contributed by atoms with Crippen LogP contribution in [0.3, 0.4) is 0 Å². The largest absolute Gasteiger partial charge is 0.507 e. The molecular formula is C30H28N2O5. The molecule has 1 fully saturated rings. The number of aliphatic hydroxyl groups excluding tert-OH is 1. The van der Waals surface area contributed by atoms with Crippen LogP contribution in [0.5, 0.6) is 11.5 Å². The number of likely N-dealkylation sites (tertiary alicyclic amines) is 1. The van der Waals surface area contributed by atoms with Crippen LogP contribution in [0.1, 0.15) is 33.9 Å². The van der Waals surface area contributed by atoms with Gasteiger partial charge in [0, 0.05) is 34.8 Å². The summed E-state index contributed by atoms with van der Waals surface area (Å²) in [7, 11) is 3.18. The monoisotopic (exact) mass is 496 g/mol. The lowest BCUT2D eigenvalue weighted by Crippen LogP contribution is -2.29. The summed E-state index contributed by atoms with van der Waals surface area (Å²) < 4.78 is 10.7. The van der Waals surface area contributed by atoms with Gasteiger partial charge in [0.05, 0.1) is 25.8 Å². The van der Waals surface area contributed by atoms with Gasteiger partial charge in [-0.3, -0.25) is 9.59 Å². The van der Waals surface area contributed by atoms with E-state index < -0.39 is 17.7 Å². The highest BCUT2D eigenvalue weighted by Gasteiger charge is 2.47. The highest BCUT2D eigenvalue weighted by molar-refractivity contribution is 6.46. The van der Waals surface area contributed by atoms with Gasteiger partial charge in [-0.25, -0.2) is 0 Å². The lowest BCUT2D eigenvalue weighted by Gasteiger charge is -2.25. The zero-order chi connectivity index (χ0) is 26.3. The van der Waals surface area contributed by atoms with Crippen LogP contribution in [0.15, 0.2) is 72.4 Å². The third-order valence-electron chi connectivity index (χ3n) is 6.96. The topological polar surface area (TPSA) is 91.9 Å². The lowest BCUT2D eigenvalue weighted by molar-refractivity contribution is -0.140. The number of carbonyl (C=O) groups is 2. The predicted octanol–water partition coefficient (Wildman–Crippen LogP) is 5.42. The molecule has 0 radical (unpaired) electrons. The molecule has 2 N–H and O–H groups in total. The van der Waals surface area contributed by atoms with E-state index in [2.05, 4.69) is 4.98 Å². The molecule has 37 heavy (non-hydrogen) atoms. The highest BCUT2D eigenvalue weighted by Crippen LogP contribution is 2.43. The Morgan fingerprint density at radius 3 is 2.41 bits per heavy atom. The molecule has 2 heterocycles. The van der Waals surface area contributed by atoms with Crippen LogP contribution in [0.25, 0.3) is 16.7 Å². The van der Waals surface area contributed by atoms with Gasteiger partial charge in [0.2, 0.25) is 0 Å². The second-order valence-electron chi connectivity index (χ2n) is 9.20. The molecule has 1 atom stereocenters. The number of hydrogen-bond acceptors (Lipinski definition) is 5. The van der Waals surface area contributed by atoms with Gasteiger partial charge in [-0.2, -0.15) is 0 Å². The van der Waals surface area contributed by atoms with Crippen LogP contribution in [-0.4, -0.2) is 40.9 Å². The van der Waals surface area contributed by atoms with Crippen molar-refractivity contribution in [2.75, 3.05) is 14.2 Å². The van der Waals surface area contributed by atoms with Crippen LogP contribution < -0.4 is 9.47 Å². The van der Waals surface area contributed by atoms with Crippen LogP contribution in [0, 0.1) is 13.8 Å². The number of H-pyrrole nitrogens is 1. The number of Topliss-reactive ketones (excluding diaryl/α,β-unsaturated/α-hetero) is 1. The van der Waals surface area contributed by atoms with E-state index in [0.29, 0.717) is 17.1 Å². The number of nitrogens with one attached hydrogen (secondary N) is 1. The van der Waals surface area contributed by atoms with E-state index in [1.807, 2.05) is 74.6 Å². The summed E-state index contributed by atoms with van der Waals surface area (Å²) in [5, 5.41) is 12.5. The maximum Gasteiger partial charge on any atom is 0.295 e. The number of aliphatic hydroxyl groups is 1. The number of benzene rings is 3. The number of nitrogens with zero attached hydrogens (tertiary/aromatic N) is 1. The number of aryl methyl sites for hydroxylation is 2. The molecule has 7 heteroatoms. The number of methoxy groups -OCH3 is 2. The third kappa shape index (κ3) is 4.12. The Labute approximate surface area is 214 Å². The third-order valence-corrected chi connectivity index (χ3v) is 6.96. The Morgan fingerprint density at radius 2 is 1.70 bits per heavy atom. The molecule has 0 aliphatic carbocycles. The molecule has 1 unspecified atom stereocenters. The van der Waals surface area contributed by atoms with Gasteiger partial charge in [-0.05, 0) is 60.9 Å². The number of rotatable bonds is 6. The summed E-state index contributed by atoms with van der Waals surface area (Å²) in [6, 6.07) is 17.9. The number of para-hydroxylation sites is 1. The van der Waals surface area contributed by atoms with Crippen LogP contribution >= 0.6 is 0 Å². The van der Waals surface area contributed by atoms with E-state index in [9.17, 15) is 14.7 Å². The van der Waals surface area contributed by atoms with Gasteiger partial charge < -0.3 is 24.5 Å². The number of aromatic nitrogens is 1. The van der Waals surface area contributed by atoms with Crippen molar-refractivity contribution < 1.29 is 24.2 Å². The molecule has 0 saturated carbocycles. The van der Waals surface area contributed by atoms with E-state index in [0.717, 1.165) is 33.2 Å². The minimum Gasteiger partial charge on any atom is -0.507 e. The van der Waals surface area contributed by atoms with Crippen molar-refractivity contribution in [2.24, 2.45) is 0 Å². The number of hydrogen-bond donors (Lipinski definition) is 2. The lowest BCUT2D eigenvalue weighted by atomic mass is 9.92.